The number of benzene rings is 2. The van der Waals surface area contributed by atoms with Crippen molar-refractivity contribution in [1.82, 2.24) is 0 Å². The highest BCUT2D eigenvalue weighted by Gasteiger charge is 2.28. The number of carbonyl (C=O) groups is 1. The number of rotatable bonds is 5. The molecule has 0 bridgehead atoms. The topological polar surface area (TPSA) is 63.2 Å². The Morgan fingerprint density at radius 2 is 1.64 bits per heavy atom. The first-order valence-corrected chi connectivity index (χ1v) is 8.73. The molecule has 2 aromatic rings. The summed E-state index contributed by atoms with van der Waals surface area (Å²) in [6, 6.07) is 16.1. The number of hydrogen-bond donors (Lipinski definition) is 1. The van der Waals surface area contributed by atoms with Crippen LogP contribution >= 0.6 is 0 Å². The molecule has 1 unspecified atom stereocenters. The molecule has 0 spiro atoms. The largest absolute Gasteiger partial charge is 0.325 e. The van der Waals surface area contributed by atoms with Crippen LogP contribution < -0.4 is 5.32 Å². The number of anilines is 1. The Morgan fingerprint density at radius 1 is 1.05 bits per heavy atom. The number of aryl methyl sites for hydroxylation is 1. The molecule has 4 nitrogen and oxygen atoms in total. The van der Waals surface area contributed by atoms with Crippen LogP contribution in [0.5, 0.6) is 0 Å². The van der Waals surface area contributed by atoms with Gasteiger partial charge in [0.1, 0.15) is 5.25 Å². The normalized spacial score (nSPS) is 12.6. The number of nitrogens with one attached hydrogen (secondary N) is 1. The van der Waals surface area contributed by atoms with E-state index in [1.165, 1.54) is 6.92 Å². The van der Waals surface area contributed by atoms with Gasteiger partial charge in [-0.1, -0.05) is 42.5 Å². The molecule has 116 valence electrons. The van der Waals surface area contributed by atoms with Gasteiger partial charge in [-0.05, 0) is 37.1 Å². The lowest BCUT2D eigenvalue weighted by molar-refractivity contribution is -0.115. The summed E-state index contributed by atoms with van der Waals surface area (Å²) < 4.78 is 24.8. The Balaban J connectivity index is 2.12. The average molecular weight is 317 g/mol. The summed E-state index contributed by atoms with van der Waals surface area (Å²) in [5.74, 6) is -0.650. The maximum absolute atomic E-state index is 12.4. The van der Waals surface area contributed by atoms with Crippen molar-refractivity contribution >= 4 is 21.4 Å². The van der Waals surface area contributed by atoms with Crippen molar-refractivity contribution in [2.24, 2.45) is 0 Å². The van der Waals surface area contributed by atoms with Crippen molar-refractivity contribution in [2.45, 2.75) is 24.9 Å². The highest BCUT2D eigenvalue weighted by molar-refractivity contribution is 7.92. The highest BCUT2D eigenvalue weighted by atomic mass is 32.2. The molecule has 0 aliphatic carbocycles. The molecule has 0 saturated heterocycles. The fourth-order valence-electron chi connectivity index (χ4n) is 2.04. The van der Waals surface area contributed by atoms with Crippen molar-refractivity contribution in [2.75, 3.05) is 5.32 Å². The van der Waals surface area contributed by atoms with E-state index in [0.29, 0.717) is 5.69 Å². The second kappa shape index (κ2) is 6.75. The summed E-state index contributed by atoms with van der Waals surface area (Å²) in [5, 5.41) is 1.53. The minimum Gasteiger partial charge on any atom is -0.325 e. The monoisotopic (exact) mass is 317 g/mol. The van der Waals surface area contributed by atoms with Crippen LogP contribution in [-0.2, 0) is 20.4 Å². The Hall–Kier alpha value is -2.14. The average Bonchev–Trinajstić information content (AvgIpc) is 2.49. The number of sulfone groups is 1. The van der Waals surface area contributed by atoms with E-state index < -0.39 is 21.0 Å². The molecule has 1 N–H and O–H groups in total. The molecule has 2 aromatic carbocycles. The minimum absolute atomic E-state index is 0.136. The van der Waals surface area contributed by atoms with Crippen LogP contribution in [0.3, 0.4) is 0 Å². The van der Waals surface area contributed by atoms with Gasteiger partial charge in [-0.3, -0.25) is 4.79 Å². The second-order valence-corrected chi connectivity index (χ2v) is 7.55. The van der Waals surface area contributed by atoms with Crippen molar-refractivity contribution in [3.8, 4) is 0 Å². The maximum atomic E-state index is 12.4. The summed E-state index contributed by atoms with van der Waals surface area (Å²) in [7, 11) is -3.57. The van der Waals surface area contributed by atoms with Crippen LogP contribution in [0.1, 0.15) is 18.1 Å². The van der Waals surface area contributed by atoms with Gasteiger partial charge in [-0.2, -0.15) is 0 Å². The molecule has 0 saturated carbocycles. The maximum Gasteiger partial charge on any atom is 0.242 e. The van der Waals surface area contributed by atoms with Gasteiger partial charge in [0, 0.05) is 5.69 Å². The Bertz CT molecular complexity index is 754. The molecular weight excluding hydrogens is 298 g/mol. The van der Waals surface area contributed by atoms with Crippen LogP contribution in [0.25, 0.3) is 0 Å². The number of para-hydroxylation sites is 1. The second-order valence-electron chi connectivity index (χ2n) is 5.23. The van der Waals surface area contributed by atoms with Crippen LogP contribution in [0.4, 0.5) is 5.69 Å². The number of hydrogen-bond acceptors (Lipinski definition) is 3. The Kier molecular flexibility index (Phi) is 4.98. The zero-order valence-electron chi connectivity index (χ0n) is 12.6. The predicted molar refractivity (Wildman–Crippen MR) is 88.3 cm³/mol. The molecule has 0 fully saturated rings. The fourth-order valence-corrected chi connectivity index (χ4v) is 3.43. The molecule has 0 heterocycles. The van der Waals surface area contributed by atoms with E-state index in [4.69, 9.17) is 0 Å². The third-order valence-corrected chi connectivity index (χ3v) is 5.57. The van der Waals surface area contributed by atoms with Crippen molar-refractivity contribution in [3.05, 3.63) is 65.7 Å². The summed E-state index contributed by atoms with van der Waals surface area (Å²) in [4.78, 5) is 12.1. The lowest BCUT2D eigenvalue weighted by Crippen LogP contribution is -2.33. The van der Waals surface area contributed by atoms with Crippen LogP contribution in [0.2, 0.25) is 0 Å². The predicted octanol–water partition coefficient (Wildman–Crippen LogP) is 2.94. The molecule has 0 radical (unpaired) electrons. The molecule has 1 atom stereocenters. The van der Waals surface area contributed by atoms with Crippen LogP contribution in [0, 0.1) is 6.92 Å². The molecule has 0 aliphatic rings. The van der Waals surface area contributed by atoms with E-state index in [9.17, 15) is 13.2 Å². The van der Waals surface area contributed by atoms with E-state index in [0.717, 1.165) is 11.1 Å². The van der Waals surface area contributed by atoms with Gasteiger partial charge in [0.15, 0.2) is 9.84 Å². The van der Waals surface area contributed by atoms with Crippen molar-refractivity contribution < 1.29 is 13.2 Å². The van der Waals surface area contributed by atoms with Gasteiger partial charge in [0.2, 0.25) is 5.91 Å². The lowest BCUT2D eigenvalue weighted by atomic mass is 10.1. The van der Waals surface area contributed by atoms with E-state index >= 15 is 0 Å². The molecule has 22 heavy (non-hydrogen) atoms. The van der Waals surface area contributed by atoms with Gasteiger partial charge in [-0.25, -0.2) is 8.42 Å². The first-order chi connectivity index (χ1) is 10.4. The quantitative estimate of drug-likeness (QED) is 0.922. The van der Waals surface area contributed by atoms with E-state index in [2.05, 4.69) is 5.32 Å². The Morgan fingerprint density at radius 3 is 2.27 bits per heavy atom. The first-order valence-electron chi connectivity index (χ1n) is 7.02. The van der Waals surface area contributed by atoms with Crippen LogP contribution in [0.15, 0.2) is 54.6 Å². The SMILES string of the molecule is Cc1ccccc1CS(=O)(=O)C(C)C(=O)Nc1ccccc1. The smallest absolute Gasteiger partial charge is 0.242 e. The zero-order valence-corrected chi connectivity index (χ0v) is 13.4. The van der Waals surface area contributed by atoms with Gasteiger partial charge < -0.3 is 5.32 Å². The van der Waals surface area contributed by atoms with Crippen molar-refractivity contribution in [1.29, 1.82) is 0 Å². The van der Waals surface area contributed by atoms with Crippen molar-refractivity contribution in [3.63, 3.8) is 0 Å². The van der Waals surface area contributed by atoms with Gasteiger partial charge in [-0.15, -0.1) is 0 Å². The van der Waals surface area contributed by atoms with E-state index in [1.54, 1.807) is 36.4 Å². The molecule has 0 aromatic heterocycles. The fraction of sp³-hybridized carbons (Fsp3) is 0.235. The first kappa shape index (κ1) is 16.2. The number of carbonyl (C=O) groups excluding carboxylic acids is 1. The molecular formula is C17H19NO3S. The van der Waals surface area contributed by atoms with E-state index in [1.807, 2.05) is 25.1 Å². The molecule has 2 rings (SSSR count). The van der Waals surface area contributed by atoms with Gasteiger partial charge >= 0.3 is 0 Å². The minimum atomic E-state index is -3.57. The zero-order chi connectivity index (χ0) is 16.2. The number of amides is 1. The summed E-state index contributed by atoms with van der Waals surface area (Å²) >= 11 is 0. The van der Waals surface area contributed by atoms with Crippen LogP contribution in [-0.4, -0.2) is 19.6 Å². The van der Waals surface area contributed by atoms with E-state index in [-0.39, 0.29) is 5.75 Å². The van der Waals surface area contributed by atoms with Gasteiger partial charge in [0.05, 0.1) is 5.75 Å². The molecule has 5 heteroatoms. The Labute approximate surface area is 131 Å². The summed E-state index contributed by atoms with van der Waals surface area (Å²) in [5.41, 5.74) is 2.22. The third-order valence-electron chi connectivity index (χ3n) is 3.57. The molecule has 1 amide bonds. The van der Waals surface area contributed by atoms with Gasteiger partial charge in [0.25, 0.3) is 0 Å². The molecule has 0 aliphatic heterocycles. The highest BCUT2D eigenvalue weighted by Crippen LogP contribution is 2.16. The lowest BCUT2D eigenvalue weighted by Gasteiger charge is -2.14. The standard InChI is InChI=1S/C17H19NO3S/c1-13-8-6-7-9-15(13)12-22(20,21)14(2)17(19)18-16-10-4-3-5-11-16/h3-11,14H,12H2,1-2H3,(H,18,19). The summed E-state index contributed by atoms with van der Waals surface area (Å²) in [6.07, 6.45) is 0. The third kappa shape index (κ3) is 3.95. The summed E-state index contributed by atoms with van der Waals surface area (Å²) in [6.45, 7) is 3.28.